The van der Waals surface area contributed by atoms with Gasteiger partial charge in [-0.2, -0.15) is 5.26 Å². The van der Waals surface area contributed by atoms with E-state index in [2.05, 4.69) is 16.7 Å². The summed E-state index contributed by atoms with van der Waals surface area (Å²) in [7, 11) is 0. The number of nitriles is 1. The maximum absolute atomic E-state index is 12.3. The molecule has 0 saturated carbocycles. The molecule has 2 N–H and O–H groups in total. The molecule has 1 unspecified atom stereocenters. The van der Waals surface area contributed by atoms with E-state index in [4.69, 9.17) is 0 Å². The molecule has 2 aromatic rings. The van der Waals surface area contributed by atoms with E-state index in [0.29, 0.717) is 17.0 Å². The molecule has 0 radical (unpaired) electrons. The second kappa shape index (κ2) is 6.95. The quantitative estimate of drug-likeness (QED) is 0.905. The van der Waals surface area contributed by atoms with Crippen molar-refractivity contribution in [2.75, 3.05) is 11.9 Å². The molecule has 2 heterocycles. The zero-order valence-electron chi connectivity index (χ0n) is 13.1. The lowest BCUT2D eigenvalue weighted by atomic mass is 9.97. The van der Waals surface area contributed by atoms with Crippen molar-refractivity contribution in [1.82, 2.24) is 5.32 Å². The Kier molecular flexibility index (Phi) is 4.75. The first-order valence-corrected chi connectivity index (χ1v) is 8.61. The molecule has 5 heteroatoms. The van der Waals surface area contributed by atoms with Crippen LogP contribution in [0.5, 0.6) is 0 Å². The number of rotatable bonds is 4. The molecule has 1 aliphatic rings. The largest absolute Gasteiger partial charge is 0.317 e. The van der Waals surface area contributed by atoms with Crippen molar-refractivity contribution in [1.29, 1.82) is 5.26 Å². The average Bonchev–Trinajstić information content (AvgIpc) is 2.92. The highest BCUT2D eigenvalue weighted by Crippen LogP contribution is 2.35. The summed E-state index contributed by atoms with van der Waals surface area (Å²) in [4.78, 5) is 13.5. The Morgan fingerprint density at radius 1 is 1.43 bits per heavy atom. The third kappa shape index (κ3) is 3.44. The molecule has 1 aromatic heterocycles. The first-order chi connectivity index (χ1) is 11.2. The van der Waals surface area contributed by atoms with Crippen LogP contribution in [0.15, 0.2) is 30.3 Å². The van der Waals surface area contributed by atoms with Crippen LogP contribution in [0, 0.1) is 11.3 Å². The molecule has 118 valence electrons. The predicted octanol–water partition coefficient (Wildman–Crippen LogP) is 3.40. The minimum Gasteiger partial charge on any atom is -0.317 e. The van der Waals surface area contributed by atoms with E-state index in [1.807, 2.05) is 37.3 Å². The first-order valence-electron chi connectivity index (χ1n) is 7.79. The Morgan fingerprint density at radius 3 is 2.96 bits per heavy atom. The SMILES string of the molecule is CC(CC(=O)Nc1sc2c(c1C#N)CCNC2)c1ccccc1. The molecule has 1 amide bonds. The maximum Gasteiger partial charge on any atom is 0.225 e. The fourth-order valence-electron chi connectivity index (χ4n) is 2.90. The summed E-state index contributed by atoms with van der Waals surface area (Å²) >= 11 is 1.52. The summed E-state index contributed by atoms with van der Waals surface area (Å²) in [5.41, 5.74) is 2.90. The number of hydrogen-bond donors (Lipinski definition) is 2. The Hall–Kier alpha value is -2.16. The van der Waals surface area contributed by atoms with E-state index >= 15 is 0 Å². The standard InChI is InChI=1S/C18H19N3OS/c1-12(13-5-3-2-4-6-13)9-17(22)21-18-15(10-19)14-7-8-20-11-16(14)23-18/h2-6,12,20H,7-9,11H2,1H3,(H,21,22). The average molecular weight is 325 g/mol. The van der Waals surface area contributed by atoms with Gasteiger partial charge in [-0.1, -0.05) is 37.3 Å². The van der Waals surface area contributed by atoms with Crippen LogP contribution in [0.3, 0.4) is 0 Å². The lowest BCUT2D eigenvalue weighted by Gasteiger charge is -2.12. The van der Waals surface area contributed by atoms with Crippen LogP contribution < -0.4 is 10.6 Å². The second-order valence-corrected chi connectivity index (χ2v) is 6.92. The smallest absolute Gasteiger partial charge is 0.225 e. The fourth-order valence-corrected chi connectivity index (χ4v) is 4.08. The van der Waals surface area contributed by atoms with E-state index in [1.54, 1.807) is 0 Å². The van der Waals surface area contributed by atoms with Crippen molar-refractivity contribution in [2.45, 2.75) is 32.2 Å². The van der Waals surface area contributed by atoms with Gasteiger partial charge >= 0.3 is 0 Å². The summed E-state index contributed by atoms with van der Waals surface area (Å²) in [6, 6.07) is 12.3. The number of amides is 1. The molecule has 1 atom stereocenters. The number of carbonyl (C=O) groups excluding carboxylic acids is 1. The highest BCUT2D eigenvalue weighted by molar-refractivity contribution is 7.16. The Bertz CT molecular complexity index is 746. The zero-order chi connectivity index (χ0) is 16.2. The number of anilines is 1. The lowest BCUT2D eigenvalue weighted by molar-refractivity contribution is -0.116. The van der Waals surface area contributed by atoms with Gasteiger partial charge in [-0.05, 0) is 30.0 Å². The van der Waals surface area contributed by atoms with Crippen molar-refractivity contribution >= 4 is 22.2 Å². The van der Waals surface area contributed by atoms with Gasteiger partial charge in [0.25, 0.3) is 0 Å². The van der Waals surface area contributed by atoms with Crippen molar-refractivity contribution in [3.63, 3.8) is 0 Å². The minimum atomic E-state index is -0.0376. The van der Waals surface area contributed by atoms with E-state index < -0.39 is 0 Å². The number of nitrogens with one attached hydrogen (secondary N) is 2. The molecule has 1 aromatic carbocycles. The molecule has 0 fully saturated rings. The first kappa shape index (κ1) is 15.7. The van der Waals surface area contributed by atoms with Gasteiger partial charge in [0.15, 0.2) is 0 Å². The van der Waals surface area contributed by atoms with Gasteiger partial charge in [0.2, 0.25) is 5.91 Å². The number of nitrogens with zero attached hydrogens (tertiary/aromatic N) is 1. The summed E-state index contributed by atoms with van der Waals surface area (Å²) in [6.45, 7) is 3.71. The van der Waals surface area contributed by atoms with Crippen molar-refractivity contribution in [2.24, 2.45) is 0 Å². The van der Waals surface area contributed by atoms with Gasteiger partial charge in [-0.3, -0.25) is 4.79 Å². The summed E-state index contributed by atoms with van der Waals surface area (Å²) < 4.78 is 0. The third-order valence-electron chi connectivity index (χ3n) is 4.15. The molecular weight excluding hydrogens is 306 g/mol. The molecule has 0 saturated heterocycles. The van der Waals surface area contributed by atoms with Crippen LogP contribution in [0.1, 0.15) is 40.8 Å². The maximum atomic E-state index is 12.3. The molecule has 3 rings (SSSR count). The van der Waals surface area contributed by atoms with Gasteiger partial charge in [0.1, 0.15) is 11.1 Å². The van der Waals surface area contributed by atoms with E-state index in [0.717, 1.165) is 30.6 Å². The Labute approximate surface area is 140 Å². The number of benzene rings is 1. The third-order valence-corrected chi connectivity index (χ3v) is 5.30. The predicted molar refractivity (Wildman–Crippen MR) is 92.5 cm³/mol. The molecule has 1 aliphatic heterocycles. The number of hydrogen-bond acceptors (Lipinski definition) is 4. The topological polar surface area (TPSA) is 64.9 Å². The van der Waals surface area contributed by atoms with Crippen molar-refractivity contribution in [3.05, 3.63) is 51.9 Å². The van der Waals surface area contributed by atoms with E-state index in [9.17, 15) is 10.1 Å². The molecule has 0 spiro atoms. The summed E-state index contributed by atoms with van der Waals surface area (Å²) in [5, 5.41) is 16.4. The minimum absolute atomic E-state index is 0.0376. The van der Waals surface area contributed by atoms with E-state index in [1.165, 1.54) is 16.2 Å². The van der Waals surface area contributed by atoms with Crippen molar-refractivity contribution in [3.8, 4) is 6.07 Å². The van der Waals surface area contributed by atoms with Crippen LogP contribution >= 0.6 is 11.3 Å². The zero-order valence-corrected chi connectivity index (χ0v) is 13.9. The normalized spacial score (nSPS) is 14.6. The van der Waals surface area contributed by atoms with Gasteiger partial charge in [0, 0.05) is 17.8 Å². The lowest BCUT2D eigenvalue weighted by Crippen LogP contribution is -2.22. The van der Waals surface area contributed by atoms with Crippen LogP contribution in [-0.2, 0) is 17.8 Å². The van der Waals surface area contributed by atoms with Gasteiger partial charge in [-0.15, -0.1) is 11.3 Å². The number of carbonyl (C=O) groups is 1. The molecule has 0 bridgehead atoms. The Morgan fingerprint density at radius 2 is 2.22 bits per heavy atom. The highest BCUT2D eigenvalue weighted by Gasteiger charge is 2.22. The van der Waals surface area contributed by atoms with Crippen LogP contribution in [0.25, 0.3) is 0 Å². The molecule has 0 aliphatic carbocycles. The monoisotopic (exact) mass is 325 g/mol. The second-order valence-electron chi connectivity index (χ2n) is 5.81. The highest BCUT2D eigenvalue weighted by atomic mass is 32.1. The van der Waals surface area contributed by atoms with Gasteiger partial charge in [0.05, 0.1) is 5.56 Å². The summed E-state index contributed by atoms with van der Waals surface area (Å²) in [5.74, 6) is 0.113. The summed E-state index contributed by atoms with van der Waals surface area (Å²) in [6.07, 6.45) is 1.26. The van der Waals surface area contributed by atoms with Gasteiger partial charge in [-0.25, -0.2) is 0 Å². The van der Waals surface area contributed by atoms with Crippen molar-refractivity contribution < 1.29 is 4.79 Å². The number of thiophene rings is 1. The fraction of sp³-hybridized carbons (Fsp3) is 0.333. The van der Waals surface area contributed by atoms with Crippen LogP contribution in [0.2, 0.25) is 0 Å². The molecular formula is C18H19N3OS. The van der Waals surface area contributed by atoms with Crippen LogP contribution in [-0.4, -0.2) is 12.5 Å². The van der Waals surface area contributed by atoms with Crippen LogP contribution in [0.4, 0.5) is 5.00 Å². The molecule has 23 heavy (non-hydrogen) atoms. The van der Waals surface area contributed by atoms with Gasteiger partial charge < -0.3 is 10.6 Å². The number of fused-ring (bicyclic) bond motifs is 1. The van der Waals surface area contributed by atoms with E-state index in [-0.39, 0.29) is 11.8 Å². The Balaban J connectivity index is 1.71. The molecule has 4 nitrogen and oxygen atoms in total.